The van der Waals surface area contributed by atoms with Crippen LogP contribution in [0.15, 0.2) is 30.3 Å². The van der Waals surface area contributed by atoms with E-state index < -0.39 is 13.0 Å². The first-order valence-corrected chi connectivity index (χ1v) is 6.98. The van der Waals surface area contributed by atoms with Gasteiger partial charge >= 0.3 is 0 Å². The molecule has 2 N–H and O–H groups in total. The molecule has 1 fully saturated rings. The largest absolute Gasteiger partial charge is 0.396 e. The Balaban J connectivity index is 2.44. The summed E-state index contributed by atoms with van der Waals surface area (Å²) in [6.07, 6.45) is 1.17. The molecule has 0 bridgehead atoms. The van der Waals surface area contributed by atoms with Crippen LogP contribution in [0, 0.1) is 0 Å². The lowest BCUT2D eigenvalue weighted by molar-refractivity contribution is 0.248. The quantitative estimate of drug-likeness (QED) is 0.744. The lowest BCUT2D eigenvalue weighted by atomic mass is 10.2. The van der Waals surface area contributed by atoms with Crippen molar-refractivity contribution in [3.8, 4) is 0 Å². The van der Waals surface area contributed by atoms with Gasteiger partial charge in [-0.2, -0.15) is 0 Å². The van der Waals surface area contributed by atoms with Gasteiger partial charge in [-0.1, -0.05) is 30.3 Å². The number of aliphatic hydroxyl groups is 2. The zero-order chi connectivity index (χ0) is 10.9. The highest BCUT2D eigenvalue weighted by Gasteiger charge is 2.46. The summed E-state index contributed by atoms with van der Waals surface area (Å²) in [4.78, 5) is 0. The molecule has 1 aromatic carbocycles. The molecule has 3 atom stereocenters. The number of benzene rings is 1. The molecule has 1 aromatic rings. The summed E-state index contributed by atoms with van der Waals surface area (Å²) >= 11 is 0. The molecule has 3 nitrogen and oxygen atoms in total. The molecular formula is C11H15O3P. The van der Waals surface area contributed by atoms with Crippen LogP contribution >= 0.6 is 7.14 Å². The van der Waals surface area contributed by atoms with Gasteiger partial charge in [0.25, 0.3) is 0 Å². The van der Waals surface area contributed by atoms with Gasteiger partial charge in [0, 0.05) is 11.0 Å². The van der Waals surface area contributed by atoms with Gasteiger partial charge in [-0.3, -0.25) is 0 Å². The number of hydrogen-bond acceptors (Lipinski definition) is 3. The third kappa shape index (κ3) is 1.65. The Hall–Kier alpha value is -0.630. The second kappa shape index (κ2) is 4.09. The van der Waals surface area contributed by atoms with Crippen LogP contribution in [0.25, 0.3) is 0 Å². The second-order valence-electron chi connectivity index (χ2n) is 3.94. The van der Waals surface area contributed by atoms with Gasteiger partial charge in [0.05, 0.1) is 6.61 Å². The Morgan fingerprint density at radius 1 is 1.27 bits per heavy atom. The van der Waals surface area contributed by atoms with Gasteiger partial charge in [0.2, 0.25) is 0 Å². The minimum absolute atomic E-state index is 0.108. The van der Waals surface area contributed by atoms with Crippen molar-refractivity contribution in [2.75, 3.05) is 6.61 Å². The van der Waals surface area contributed by atoms with Gasteiger partial charge in [-0.25, -0.2) is 0 Å². The topological polar surface area (TPSA) is 57.5 Å². The molecule has 0 aliphatic carbocycles. The summed E-state index contributed by atoms with van der Waals surface area (Å²) in [6, 6.07) is 9.03. The van der Waals surface area contributed by atoms with Crippen molar-refractivity contribution >= 4 is 12.4 Å². The smallest absolute Gasteiger partial charge is 0.147 e. The van der Waals surface area contributed by atoms with Crippen molar-refractivity contribution in [1.29, 1.82) is 0 Å². The fourth-order valence-electron chi connectivity index (χ4n) is 2.22. The summed E-state index contributed by atoms with van der Waals surface area (Å²) in [5.74, 6) is -0.781. The Kier molecular flexibility index (Phi) is 2.96. The normalized spacial score (nSPS) is 35.6. The molecule has 1 heterocycles. The molecule has 3 unspecified atom stereocenters. The van der Waals surface area contributed by atoms with E-state index in [0.29, 0.717) is 18.1 Å². The molecule has 15 heavy (non-hydrogen) atoms. The van der Waals surface area contributed by atoms with Gasteiger partial charge in [-0.15, -0.1) is 0 Å². The van der Waals surface area contributed by atoms with Gasteiger partial charge < -0.3 is 14.8 Å². The van der Waals surface area contributed by atoms with E-state index in [1.54, 1.807) is 12.1 Å². The van der Waals surface area contributed by atoms with Crippen LogP contribution < -0.4 is 5.30 Å². The molecule has 1 aliphatic rings. The zero-order valence-corrected chi connectivity index (χ0v) is 9.31. The van der Waals surface area contributed by atoms with Crippen LogP contribution in [0.4, 0.5) is 0 Å². The van der Waals surface area contributed by atoms with Crippen molar-refractivity contribution in [3.05, 3.63) is 30.3 Å². The lowest BCUT2D eigenvalue weighted by Gasteiger charge is -2.22. The van der Waals surface area contributed by atoms with E-state index in [-0.39, 0.29) is 12.3 Å². The zero-order valence-electron chi connectivity index (χ0n) is 8.41. The van der Waals surface area contributed by atoms with Crippen LogP contribution in [0.1, 0.15) is 12.8 Å². The van der Waals surface area contributed by atoms with Crippen LogP contribution in [-0.2, 0) is 4.57 Å². The van der Waals surface area contributed by atoms with Crippen molar-refractivity contribution in [1.82, 2.24) is 0 Å². The van der Waals surface area contributed by atoms with Crippen molar-refractivity contribution < 1.29 is 14.8 Å². The molecule has 0 saturated carbocycles. The Morgan fingerprint density at radius 2 is 1.93 bits per heavy atom. The predicted octanol–water partition coefficient (Wildman–Crippen LogP) is 1.15. The van der Waals surface area contributed by atoms with Crippen molar-refractivity contribution in [2.24, 2.45) is 0 Å². The molecule has 2 rings (SSSR count). The summed E-state index contributed by atoms with van der Waals surface area (Å²) in [7, 11) is -2.82. The third-order valence-electron chi connectivity index (χ3n) is 3.11. The highest BCUT2D eigenvalue weighted by atomic mass is 31.2. The third-order valence-corrected chi connectivity index (χ3v) is 6.87. The second-order valence-corrected chi connectivity index (χ2v) is 7.20. The maximum absolute atomic E-state index is 12.7. The van der Waals surface area contributed by atoms with E-state index in [0.717, 1.165) is 0 Å². The van der Waals surface area contributed by atoms with Gasteiger partial charge in [0.1, 0.15) is 13.0 Å². The van der Waals surface area contributed by atoms with Crippen LogP contribution in [0.2, 0.25) is 0 Å². The maximum atomic E-state index is 12.7. The number of aliphatic hydroxyl groups excluding tert-OH is 2. The molecule has 0 aromatic heterocycles. The van der Waals surface area contributed by atoms with Crippen LogP contribution in [0.5, 0.6) is 0 Å². The Morgan fingerprint density at radius 3 is 2.53 bits per heavy atom. The molecule has 0 spiro atoms. The van der Waals surface area contributed by atoms with Crippen molar-refractivity contribution in [2.45, 2.75) is 24.3 Å². The van der Waals surface area contributed by atoms with Crippen LogP contribution in [0.3, 0.4) is 0 Å². The van der Waals surface area contributed by atoms with E-state index in [2.05, 4.69) is 0 Å². The minimum atomic E-state index is -2.82. The highest BCUT2D eigenvalue weighted by molar-refractivity contribution is 7.73. The highest BCUT2D eigenvalue weighted by Crippen LogP contribution is 2.60. The van der Waals surface area contributed by atoms with E-state index in [4.69, 9.17) is 0 Å². The van der Waals surface area contributed by atoms with Crippen molar-refractivity contribution in [3.63, 3.8) is 0 Å². The molecule has 0 amide bonds. The van der Waals surface area contributed by atoms with E-state index in [1.165, 1.54) is 0 Å². The monoisotopic (exact) mass is 226 g/mol. The molecule has 1 saturated heterocycles. The molecular weight excluding hydrogens is 211 g/mol. The van der Waals surface area contributed by atoms with Crippen LogP contribution in [-0.4, -0.2) is 28.3 Å². The first kappa shape index (κ1) is 10.9. The van der Waals surface area contributed by atoms with E-state index in [9.17, 15) is 14.8 Å². The van der Waals surface area contributed by atoms with Gasteiger partial charge in [-0.05, 0) is 12.8 Å². The summed E-state index contributed by atoms with van der Waals surface area (Å²) in [6.45, 7) is -0.108. The summed E-state index contributed by atoms with van der Waals surface area (Å²) < 4.78 is 12.7. The predicted molar refractivity (Wildman–Crippen MR) is 59.8 cm³/mol. The first-order chi connectivity index (χ1) is 7.19. The standard InChI is InChI=1S/C11H15O3P/c12-8-10-6-7-11(13)15(10,14)9-4-2-1-3-5-9/h1-5,10-13H,6-8H2. The fraction of sp³-hybridized carbons (Fsp3) is 0.455. The SMILES string of the molecule is O=P1(c2ccccc2)C(O)CCC1CO. The molecule has 0 radical (unpaired) electrons. The lowest BCUT2D eigenvalue weighted by Crippen LogP contribution is -2.21. The molecule has 1 aliphatic heterocycles. The summed E-state index contributed by atoms with van der Waals surface area (Å²) in [5.41, 5.74) is -0.269. The van der Waals surface area contributed by atoms with Gasteiger partial charge in [0.15, 0.2) is 0 Å². The Bertz CT molecular complexity index is 377. The first-order valence-electron chi connectivity index (χ1n) is 5.13. The average Bonchev–Trinajstić information content (AvgIpc) is 2.58. The Labute approximate surface area is 89.1 Å². The maximum Gasteiger partial charge on any atom is 0.147 e. The summed E-state index contributed by atoms with van der Waals surface area (Å²) in [5, 5.41) is 19.7. The molecule has 82 valence electrons. The minimum Gasteiger partial charge on any atom is -0.396 e. The number of rotatable bonds is 2. The van der Waals surface area contributed by atoms with E-state index >= 15 is 0 Å². The van der Waals surface area contributed by atoms with E-state index in [1.807, 2.05) is 18.2 Å². The molecule has 4 heteroatoms. The fourth-order valence-corrected chi connectivity index (χ4v) is 5.42. The average molecular weight is 226 g/mol. The number of hydrogen-bond donors (Lipinski definition) is 2.